The van der Waals surface area contributed by atoms with E-state index in [1.807, 2.05) is 0 Å². The topological polar surface area (TPSA) is 56.0 Å². The third-order valence-electron chi connectivity index (χ3n) is 2.97. The van der Waals surface area contributed by atoms with Gasteiger partial charge in [-0.2, -0.15) is 16.7 Å². The number of aromatic nitrogens is 2. The first-order valence-corrected chi connectivity index (χ1v) is 7.05. The van der Waals surface area contributed by atoms with E-state index in [-0.39, 0.29) is 17.5 Å². The molecule has 0 aliphatic carbocycles. The molecule has 0 spiro atoms. The highest BCUT2D eigenvalue weighted by Crippen LogP contribution is 2.28. The van der Waals surface area contributed by atoms with Crippen molar-refractivity contribution in [2.24, 2.45) is 0 Å². The van der Waals surface area contributed by atoms with E-state index in [9.17, 15) is 9.18 Å². The van der Waals surface area contributed by atoms with Crippen molar-refractivity contribution in [3.8, 4) is 0 Å². The molecule has 4 nitrogen and oxygen atoms in total. The molecule has 1 aliphatic heterocycles. The van der Waals surface area contributed by atoms with Crippen LogP contribution in [0.1, 0.15) is 23.2 Å². The Morgan fingerprint density at radius 3 is 2.84 bits per heavy atom. The minimum Gasteiger partial charge on any atom is -0.339 e. The summed E-state index contributed by atoms with van der Waals surface area (Å²) in [5.41, 5.74) is 0.904. The van der Waals surface area contributed by atoms with E-state index in [2.05, 4.69) is 10.1 Å². The van der Waals surface area contributed by atoms with E-state index in [0.717, 1.165) is 5.56 Å². The molecule has 19 heavy (non-hydrogen) atoms. The fourth-order valence-electron chi connectivity index (χ4n) is 1.95. The van der Waals surface area contributed by atoms with Crippen molar-refractivity contribution in [2.75, 3.05) is 11.5 Å². The van der Waals surface area contributed by atoms with Crippen LogP contribution in [0.5, 0.6) is 0 Å². The monoisotopic (exact) mass is 278 g/mol. The predicted molar refractivity (Wildman–Crippen MR) is 68.6 cm³/mol. The Labute approximate surface area is 113 Å². The molecule has 2 heterocycles. The van der Waals surface area contributed by atoms with Gasteiger partial charge in [0.15, 0.2) is 11.6 Å². The van der Waals surface area contributed by atoms with E-state index in [0.29, 0.717) is 29.6 Å². The Hall–Kier alpha value is -1.69. The van der Waals surface area contributed by atoms with Crippen molar-refractivity contribution in [3.05, 3.63) is 47.4 Å². The van der Waals surface area contributed by atoms with Gasteiger partial charge in [-0.3, -0.25) is 4.79 Å². The number of hydrogen-bond acceptors (Lipinski definition) is 5. The summed E-state index contributed by atoms with van der Waals surface area (Å²) in [6.07, 6.45) is 0.470. The van der Waals surface area contributed by atoms with Crippen LogP contribution in [0.2, 0.25) is 0 Å². The molecule has 1 aromatic carbocycles. The number of ketones is 1. The Morgan fingerprint density at radius 1 is 1.37 bits per heavy atom. The average molecular weight is 278 g/mol. The molecular weight excluding hydrogens is 267 g/mol. The summed E-state index contributed by atoms with van der Waals surface area (Å²) in [6.45, 7) is 0. The summed E-state index contributed by atoms with van der Waals surface area (Å²) in [6, 6.07) is 6.16. The SMILES string of the molecule is O=C1CSCC1c1nc(Cc2ccc(F)cc2)no1. The second-order valence-corrected chi connectivity index (χ2v) is 5.42. The number of nitrogens with zero attached hydrogens (tertiary/aromatic N) is 2. The van der Waals surface area contributed by atoms with Crippen LogP contribution in [-0.2, 0) is 11.2 Å². The van der Waals surface area contributed by atoms with Gasteiger partial charge in [0.25, 0.3) is 0 Å². The van der Waals surface area contributed by atoms with Crippen LogP contribution >= 0.6 is 11.8 Å². The molecule has 1 unspecified atom stereocenters. The highest BCUT2D eigenvalue weighted by atomic mass is 32.2. The lowest BCUT2D eigenvalue weighted by Crippen LogP contribution is -2.09. The molecule has 1 aliphatic rings. The number of benzene rings is 1. The van der Waals surface area contributed by atoms with Gasteiger partial charge in [0.1, 0.15) is 11.7 Å². The molecule has 1 saturated heterocycles. The van der Waals surface area contributed by atoms with Crippen molar-refractivity contribution in [2.45, 2.75) is 12.3 Å². The fourth-order valence-corrected chi connectivity index (χ4v) is 3.03. The minimum absolute atomic E-state index is 0.141. The Morgan fingerprint density at radius 2 is 2.16 bits per heavy atom. The van der Waals surface area contributed by atoms with Crippen LogP contribution in [0, 0.1) is 5.82 Å². The van der Waals surface area contributed by atoms with Crippen LogP contribution in [0.4, 0.5) is 4.39 Å². The summed E-state index contributed by atoms with van der Waals surface area (Å²) in [5.74, 6) is 1.74. The number of carbonyl (C=O) groups excluding carboxylic acids is 1. The van der Waals surface area contributed by atoms with Gasteiger partial charge in [-0.1, -0.05) is 17.3 Å². The molecule has 6 heteroatoms. The quantitative estimate of drug-likeness (QED) is 0.861. The van der Waals surface area contributed by atoms with Gasteiger partial charge in [-0.05, 0) is 17.7 Å². The Bertz CT molecular complexity index is 597. The maximum Gasteiger partial charge on any atom is 0.238 e. The zero-order valence-electron chi connectivity index (χ0n) is 10.0. The number of carbonyl (C=O) groups is 1. The van der Waals surface area contributed by atoms with Crippen molar-refractivity contribution in [1.82, 2.24) is 10.1 Å². The Kier molecular flexibility index (Phi) is 3.33. The van der Waals surface area contributed by atoms with Crippen LogP contribution in [0.15, 0.2) is 28.8 Å². The number of hydrogen-bond donors (Lipinski definition) is 0. The molecule has 0 saturated carbocycles. The average Bonchev–Trinajstić information content (AvgIpc) is 3.01. The van der Waals surface area contributed by atoms with Crippen LogP contribution in [0.3, 0.4) is 0 Å². The first-order valence-electron chi connectivity index (χ1n) is 5.90. The second kappa shape index (κ2) is 5.13. The lowest BCUT2D eigenvalue weighted by molar-refractivity contribution is -0.117. The van der Waals surface area contributed by atoms with E-state index in [1.54, 1.807) is 23.9 Å². The summed E-state index contributed by atoms with van der Waals surface area (Å²) in [4.78, 5) is 15.8. The van der Waals surface area contributed by atoms with E-state index < -0.39 is 0 Å². The van der Waals surface area contributed by atoms with Crippen molar-refractivity contribution in [3.63, 3.8) is 0 Å². The molecule has 2 aromatic rings. The van der Waals surface area contributed by atoms with Gasteiger partial charge in [-0.15, -0.1) is 0 Å². The summed E-state index contributed by atoms with van der Waals surface area (Å²) >= 11 is 1.58. The highest BCUT2D eigenvalue weighted by Gasteiger charge is 2.31. The molecule has 1 aromatic heterocycles. The molecule has 0 radical (unpaired) electrons. The number of halogens is 1. The van der Waals surface area contributed by atoms with Crippen LogP contribution in [0.25, 0.3) is 0 Å². The van der Waals surface area contributed by atoms with Gasteiger partial charge in [0, 0.05) is 12.2 Å². The molecule has 0 N–H and O–H groups in total. The van der Waals surface area contributed by atoms with Gasteiger partial charge >= 0.3 is 0 Å². The molecular formula is C13H11FN2O2S. The molecule has 0 bridgehead atoms. The third kappa shape index (κ3) is 2.68. The van der Waals surface area contributed by atoms with Gasteiger partial charge in [0.2, 0.25) is 5.89 Å². The molecule has 1 atom stereocenters. The standard InChI is InChI=1S/C13H11FN2O2S/c14-9-3-1-8(2-4-9)5-12-15-13(18-16-12)10-6-19-7-11(10)17/h1-4,10H,5-7H2. The molecule has 0 amide bonds. The first-order chi connectivity index (χ1) is 9.22. The number of rotatable bonds is 3. The largest absolute Gasteiger partial charge is 0.339 e. The van der Waals surface area contributed by atoms with E-state index in [4.69, 9.17) is 4.52 Å². The lowest BCUT2D eigenvalue weighted by atomic mass is 10.1. The normalized spacial score (nSPS) is 19.0. The third-order valence-corrected chi connectivity index (χ3v) is 4.03. The van der Waals surface area contributed by atoms with Crippen molar-refractivity contribution in [1.29, 1.82) is 0 Å². The van der Waals surface area contributed by atoms with E-state index in [1.165, 1.54) is 12.1 Å². The smallest absolute Gasteiger partial charge is 0.238 e. The molecule has 1 fully saturated rings. The van der Waals surface area contributed by atoms with Crippen LogP contribution in [-0.4, -0.2) is 27.4 Å². The van der Waals surface area contributed by atoms with Crippen molar-refractivity contribution < 1.29 is 13.7 Å². The minimum atomic E-state index is -0.272. The maximum absolute atomic E-state index is 12.8. The van der Waals surface area contributed by atoms with Crippen LogP contribution < -0.4 is 0 Å². The summed E-state index contributed by atoms with van der Waals surface area (Å²) < 4.78 is 17.9. The first kappa shape index (κ1) is 12.3. The Balaban J connectivity index is 1.74. The maximum atomic E-state index is 12.8. The predicted octanol–water partition coefficient (Wildman–Crippen LogP) is 2.20. The van der Waals surface area contributed by atoms with Gasteiger partial charge < -0.3 is 4.52 Å². The summed E-state index contributed by atoms with van der Waals surface area (Å²) in [5, 5.41) is 3.87. The summed E-state index contributed by atoms with van der Waals surface area (Å²) in [7, 11) is 0. The van der Waals surface area contributed by atoms with Gasteiger partial charge in [-0.25, -0.2) is 4.39 Å². The second-order valence-electron chi connectivity index (χ2n) is 4.39. The number of Topliss-reactive ketones (excluding diaryl/α,β-unsaturated/α-hetero) is 1. The molecule has 3 rings (SSSR count). The van der Waals surface area contributed by atoms with E-state index >= 15 is 0 Å². The zero-order valence-corrected chi connectivity index (χ0v) is 10.8. The fraction of sp³-hybridized carbons (Fsp3) is 0.308. The molecule has 98 valence electrons. The lowest BCUT2D eigenvalue weighted by Gasteiger charge is -1.98. The number of thioether (sulfide) groups is 1. The van der Waals surface area contributed by atoms with Gasteiger partial charge in [0.05, 0.1) is 5.75 Å². The zero-order chi connectivity index (χ0) is 13.2. The van der Waals surface area contributed by atoms with Crippen molar-refractivity contribution >= 4 is 17.5 Å². The highest BCUT2D eigenvalue weighted by molar-refractivity contribution is 8.00.